The van der Waals surface area contributed by atoms with E-state index in [1.165, 1.54) is 30.1 Å². The summed E-state index contributed by atoms with van der Waals surface area (Å²) >= 11 is 13.8. The largest absolute Gasteiger partial charge is 0.493 e. The molecule has 0 saturated carbocycles. The molecule has 1 aromatic heterocycles. The van der Waals surface area contributed by atoms with Crippen LogP contribution in [0.15, 0.2) is 57.5 Å². The molecule has 0 saturated heterocycles. The first-order valence-electron chi connectivity index (χ1n) is 10.7. The number of rotatable bonds is 6. The smallest absolute Gasteiger partial charge is 0.338 e. The minimum Gasteiger partial charge on any atom is -0.493 e. The average Bonchev–Trinajstić information content (AvgIpc) is 3.14. The van der Waals surface area contributed by atoms with Crippen LogP contribution >= 0.6 is 34.5 Å². The van der Waals surface area contributed by atoms with Gasteiger partial charge in [0.1, 0.15) is 0 Å². The molecule has 1 atom stereocenters. The number of fused-ring (bicyclic) bond motifs is 1. The average molecular weight is 533 g/mol. The molecule has 4 rings (SSSR count). The summed E-state index contributed by atoms with van der Waals surface area (Å²) in [5, 5.41) is 0.839. The molecule has 0 radical (unpaired) electrons. The van der Waals surface area contributed by atoms with Crippen molar-refractivity contribution in [2.75, 3.05) is 20.8 Å². The molecule has 182 valence electrons. The van der Waals surface area contributed by atoms with Crippen LogP contribution in [-0.2, 0) is 9.53 Å². The number of benzene rings is 2. The van der Waals surface area contributed by atoms with Gasteiger partial charge in [-0.15, -0.1) is 0 Å². The summed E-state index contributed by atoms with van der Waals surface area (Å²) < 4.78 is 18.0. The van der Waals surface area contributed by atoms with Crippen LogP contribution in [0, 0.1) is 0 Å². The van der Waals surface area contributed by atoms with Crippen LogP contribution in [0.3, 0.4) is 0 Å². The Morgan fingerprint density at radius 2 is 1.83 bits per heavy atom. The lowest BCUT2D eigenvalue weighted by atomic mass is 9.95. The van der Waals surface area contributed by atoms with Crippen LogP contribution in [0.1, 0.15) is 31.0 Å². The minimum atomic E-state index is -0.783. The van der Waals surface area contributed by atoms with Crippen molar-refractivity contribution in [1.29, 1.82) is 0 Å². The summed E-state index contributed by atoms with van der Waals surface area (Å²) in [5.74, 6) is 0.445. The van der Waals surface area contributed by atoms with Crippen LogP contribution in [-0.4, -0.2) is 31.4 Å². The van der Waals surface area contributed by atoms with Gasteiger partial charge in [0.05, 0.1) is 42.7 Å². The van der Waals surface area contributed by atoms with E-state index in [0.717, 1.165) is 0 Å². The summed E-state index contributed by atoms with van der Waals surface area (Å²) in [6.07, 6.45) is 1.64. The van der Waals surface area contributed by atoms with E-state index in [4.69, 9.17) is 37.4 Å². The monoisotopic (exact) mass is 532 g/mol. The van der Waals surface area contributed by atoms with Gasteiger partial charge in [-0.2, -0.15) is 0 Å². The van der Waals surface area contributed by atoms with Gasteiger partial charge < -0.3 is 14.2 Å². The first kappa shape index (κ1) is 25.0. The first-order valence-corrected chi connectivity index (χ1v) is 12.2. The highest BCUT2D eigenvalue weighted by atomic mass is 35.5. The molecule has 3 aromatic rings. The number of carbonyl (C=O) groups excluding carboxylic acids is 1. The minimum absolute atomic E-state index is 0.184. The van der Waals surface area contributed by atoms with Gasteiger partial charge in [-0.05, 0) is 49.8 Å². The van der Waals surface area contributed by atoms with Gasteiger partial charge in [0.15, 0.2) is 16.3 Å². The van der Waals surface area contributed by atoms with Gasteiger partial charge in [-0.3, -0.25) is 9.36 Å². The molecule has 7 nitrogen and oxygen atoms in total. The second-order valence-electron chi connectivity index (χ2n) is 7.55. The summed E-state index contributed by atoms with van der Waals surface area (Å²) in [7, 11) is 3.06. The maximum Gasteiger partial charge on any atom is 0.338 e. The second-order valence-corrected chi connectivity index (χ2v) is 9.38. The van der Waals surface area contributed by atoms with Crippen LogP contribution in [0.2, 0.25) is 10.0 Å². The zero-order valence-corrected chi connectivity index (χ0v) is 21.8. The zero-order valence-electron chi connectivity index (χ0n) is 19.4. The molecule has 0 fully saturated rings. The summed E-state index contributed by atoms with van der Waals surface area (Å²) in [4.78, 5) is 31.7. The van der Waals surface area contributed by atoms with Gasteiger partial charge in [-0.1, -0.05) is 46.7 Å². The topological polar surface area (TPSA) is 79.1 Å². The fourth-order valence-corrected chi connectivity index (χ4v) is 5.44. The Balaban J connectivity index is 2.00. The summed E-state index contributed by atoms with van der Waals surface area (Å²) in [6.45, 7) is 3.63. The Hall–Kier alpha value is -3.07. The van der Waals surface area contributed by atoms with E-state index in [9.17, 15) is 9.59 Å². The molecule has 0 unspecified atom stereocenters. The van der Waals surface area contributed by atoms with Crippen molar-refractivity contribution >= 4 is 46.6 Å². The van der Waals surface area contributed by atoms with Crippen molar-refractivity contribution in [3.8, 4) is 11.5 Å². The van der Waals surface area contributed by atoms with Crippen molar-refractivity contribution in [1.82, 2.24) is 4.57 Å². The van der Waals surface area contributed by atoms with Crippen molar-refractivity contribution < 1.29 is 19.0 Å². The third-order valence-electron chi connectivity index (χ3n) is 5.52. The van der Waals surface area contributed by atoms with Gasteiger partial charge >= 0.3 is 5.97 Å². The molecule has 2 aromatic carbocycles. The van der Waals surface area contributed by atoms with Crippen molar-refractivity contribution in [2.24, 2.45) is 4.99 Å². The highest BCUT2D eigenvalue weighted by Crippen LogP contribution is 2.36. The molecule has 0 aliphatic carbocycles. The molecule has 1 aliphatic heterocycles. The molecule has 0 N–H and O–H groups in total. The third-order valence-corrected chi connectivity index (χ3v) is 7.16. The summed E-state index contributed by atoms with van der Waals surface area (Å²) in [5.41, 5.74) is 1.58. The normalized spacial score (nSPS) is 15.5. The molecule has 0 spiro atoms. The number of carbonyl (C=O) groups is 1. The van der Waals surface area contributed by atoms with Crippen LogP contribution < -0.4 is 24.4 Å². The lowest BCUT2D eigenvalue weighted by Crippen LogP contribution is -2.40. The highest BCUT2D eigenvalue weighted by molar-refractivity contribution is 7.07. The molecular formula is C25H22Cl2N2O5S. The number of methoxy groups -OCH3 is 2. The molecule has 0 amide bonds. The van der Waals surface area contributed by atoms with Crippen LogP contribution in [0.5, 0.6) is 11.5 Å². The van der Waals surface area contributed by atoms with Crippen LogP contribution in [0.25, 0.3) is 6.08 Å². The Labute approximate surface area is 215 Å². The van der Waals surface area contributed by atoms with Gasteiger partial charge in [0.2, 0.25) is 0 Å². The van der Waals surface area contributed by atoms with Gasteiger partial charge in [0, 0.05) is 15.6 Å². The number of allylic oxidation sites excluding steroid dienone is 1. The molecule has 0 bridgehead atoms. The number of hydrogen-bond donors (Lipinski definition) is 0. The lowest BCUT2D eigenvalue weighted by Gasteiger charge is -2.25. The van der Waals surface area contributed by atoms with E-state index in [2.05, 4.69) is 4.99 Å². The predicted octanol–water partition coefficient (Wildman–Crippen LogP) is 4.12. The lowest BCUT2D eigenvalue weighted by molar-refractivity contribution is -0.139. The van der Waals surface area contributed by atoms with E-state index < -0.39 is 12.0 Å². The van der Waals surface area contributed by atoms with E-state index in [-0.39, 0.29) is 17.7 Å². The number of hydrogen-bond acceptors (Lipinski definition) is 7. The third kappa shape index (κ3) is 4.61. The van der Waals surface area contributed by atoms with E-state index in [0.29, 0.717) is 47.7 Å². The first-order chi connectivity index (χ1) is 16.8. The second kappa shape index (κ2) is 10.3. The quantitative estimate of drug-likeness (QED) is 0.446. The maximum atomic E-state index is 13.7. The van der Waals surface area contributed by atoms with Gasteiger partial charge in [0.25, 0.3) is 5.56 Å². The molecule has 10 heteroatoms. The van der Waals surface area contributed by atoms with E-state index in [1.807, 2.05) is 0 Å². The molecular weight excluding hydrogens is 511 g/mol. The number of halogens is 2. The maximum absolute atomic E-state index is 13.7. The molecule has 35 heavy (non-hydrogen) atoms. The highest BCUT2D eigenvalue weighted by Gasteiger charge is 2.34. The number of esters is 1. The standard InChI is InChI=1S/C25H22Cl2N2O5S/c1-5-34-24(31)21-13(2)28-25-29(22(21)14-9-10-18(32-3)19(11-14)33-4)23(30)20(35-25)12-15-16(26)7-6-8-17(15)27/h6-12,22H,5H2,1-4H3/b20-12+/t22-/m1/s1. The van der Waals surface area contributed by atoms with E-state index >= 15 is 0 Å². The number of thiazole rings is 1. The Bertz CT molecular complexity index is 1500. The summed E-state index contributed by atoms with van der Waals surface area (Å²) in [6, 6.07) is 9.60. The Kier molecular flexibility index (Phi) is 7.35. The zero-order chi connectivity index (χ0) is 25.3. The van der Waals surface area contributed by atoms with Crippen LogP contribution in [0.4, 0.5) is 0 Å². The van der Waals surface area contributed by atoms with Crippen molar-refractivity contribution in [3.05, 3.63) is 88.5 Å². The SMILES string of the molecule is CCOC(=O)C1=C(C)N=c2s/c(=C/c3c(Cl)cccc3Cl)c(=O)n2[C@@H]1c1ccc(OC)c(OC)c1. The number of nitrogens with zero attached hydrogens (tertiary/aromatic N) is 2. The predicted molar refractivity (Wildman–Crippen MR) is 136 cm³/mol. The fraction of sp³-hybridized carbons (Fsp3) is 0.240. The van der Waals surface area contributed by atoms with Gasteiger partial charge in [-0.25, -0.2) is 9.79 Å². The Morgan fingerprint density at radius 3 is 2.46 bits per heavy atom. The van der Waals surface area contributed by atoms with E-state index in [1.54, 1.807) is 56.3 Å². The number of ether oxygens (including phenoxy) is 3. The number of aromatic nitrogens is 1. The molecule has 1 aliphatic rings. The van der Waals surface area contributed by atoms with Crippen molar-refractivity contribution in [2.45, 2.75) is 19.9 Å². The molecule has 2 heterocycles. The van der Waals surface area contributed by atoms with Crippen molar-refractivity contribution in [3.63, 3.8) is 0 Å². The fourth-order valence-electron chi connectivity index (χ4n) is 3.91. The Morgan fingerprint density at radius 1 is 1.14 bits per heavy atom.